The zero-order chi connectivity index (χ0) is 18.8. The van der Waals surface area contributed by atoms with E-state index in [1.807, 2.05) is 0 Å². The van der Waals surface area contributed by atoms with Crippen LogP contribution in [0.3, 0.4) is 0 Å². The van der Waals surface area contributed by atoms with E-state index in [1.165, 1.54) is 22.8 Å². The van der Waals surface area contributed by atoms with Crippen LogP contribution in [0.1, 0.15) is 47.8 Å². The van der Waals surface area contributed by atoms with E-state index in [0.717, 1.165) is 18.5 Å². The van der Waals surface area contributed by atoms with Crippen LogP contribution in [-0.2, 0) is 9.53 Å². The first-order chi connectivity index (χ1) is 12.4. The fourth-order valence-electron chi connectivity index (χ4n) is 2.87. The van der Waals surface area contributed by atoms with E-state index in [4.69, 9.17) is 4.74 Å². The Kier molecular flexibility index (Phi) is 4.88. The van der Waals surface area contributed by atoms with Gasteiger partial charge in [0, 0.05) is 19.0 Å². The first kappa shape index (κ1) is 17.8. The third-order valence-electron chi connectivity index (χ3n) is 4.57. The topological polar surface area (TPSA) is 81.5 Å². The number of esters is 1. The molecule has 2 aromatic rings. The summed E-state index contributed by atoms with van der Waals surface area (Å²) in [6, 6.07) is 9.06. The number of anilines is 1. The van der Waals surface area contributed by atoms with Crippen molar-refractivity contribution in [2.75, 3.05) is 19.1 Å². The Balaban J connectivity index is 1.91. The van der Waals surface area contributed by atoms with Crippen LogP contribution in [0.15, 0.2) is 41.2 Å². The van der Waals surface area contributed by atoms with Gasteiger partial charge < -0.3 is 9.64 Å². The van der Waals surface area contributed by atoms with Crippen LogP contribution in [0, 0.1) is 0 Å². The number of carbonyl (C=O) groups is 2. The van der Waals surface area contributed by atoms with E-state index in [-0.39, 0.29) is 17.0 Å². The molecule has 7 heteroatoms. The molecule has 0 spiro atoms. The van der Waals surface area contributed by atoms with Gasteiger partial charge in [-0.1, -0.05) is 12.1 Å². The summed E-state index contributed by atoms with van der Waals surface area (Å²) >= 11 is 0. The summed E-state index contributed by atoms with van der Waals surface area (Å²) in [5.74, 6) is -0.496. The van der Waals surface area contributed by atoms with Gasteiger partial charge in [0.25, 0.3) is 11.5 Å². The highest BCUT2D eigenvalue weighted by molar-refractivity contribution is 6.03. The molecule has 0 bridgehead atoms. The summed E-state index contributed by atoms with van der Waals surface area (Å²) in [5.41, 5.74) is 1.21. The fraction of sp³-hybridized carbons (Fsp3) is 0.368. The minimum atomic E-state index is -0.795. The van der Waals surface area contributed by atoms with E-state index in [0.29, 0.717) is 11.6 Å². The van der Waals surface area contributed by atoms with Crippen molar-refractivity contribution in [2.45, 2.75) is 31.7 Å². The molecular weight excluding hydrogens is 334 g/mol. The van der Waals surface area contributed by atoms with E-state index >= 15 is 0 Å². The quantitative estimate of drug-likeness (QED) is 0.768. The lowest BCUT2D eigenvalue weighted by atomic mass is 10.1. The molecule has 0 N–H and O–H groups in total. The Hall–Kier alpha value is -2.96. The number of hydrogen-bond acceptors (Lipinski definition) is 5. The van der Waals surface area contributed by atoms with E-state index in [9.17, 15) is 14.4 Å². The maximum atomic E-state index is 12.9. The molecule has 0 saturated heterocycles. The van der Waals surface area contributed by atoms with Crippen molar-refractivity contribution in [3.05, 3.63) is 58.0 Å². The lowest BCUT2D eigenvalue weighted by Crippen LogP contribution is -2.39. The van der Waals surface area contributed by atoms with E-state index in [1.54, 1.807) is 44.3 Å². The number of rotatable bonds is 5. The number of ether oxygens (including phenoxy) is 1. The van der Waals surface area contributed by atoms with Gasteiger partial charge in [0.05, 0.1) is 24.1 Å². The fourth-order valence-corrected chi connectivity index (χ4v) is 2.87. The Labute approximate surface area is 151 Å². The van der Waals surface area contributed by atoms with E-state index in [2.05, 4.69) is 5.10 Å². The van der Waals surface area contributed by atoms with Crippen molar-refractivity contribution in [3.8, 4) is 0 Å². The van der Waals surface area contributed by atoms with Crippen molar-refractivity contribution in [3.63, 3.8) is 0 Å². The van der Waals surface area contributed by atoms with Crippen LogP contribution < -0.4 is 10.5 Å². The molecule has 136 valence electrons. The average molecular weight is 355 g/mol. The SMILES string of the molecule is COC(=O)c1ccccc1N(C)C(=O)C(C)n1nc(C2CC2)ccc1=O. The van der Waals surface area contributed by atoms with Gasteiger partial charge in [-0.15, -0.1) is 0 Å². The maximum absolute atomic E-state index is 12.9. The molecule has 0 aliphatic heterocycles. The van der Waals surface area contributed by atoms with Gasteiger partial charge in [-0.2, -0.15) is 5.10 Å². The first-order valence-electron chi connectivity index (χ1n) is 8.48. The number of nitrogens with zero attached hydrogens (tertiary/aromatic N) is 3. The average Bonchev–Trinajstić information content (AvgIpc) is 3.51. The third kappa shape index (κ3) is 3.37. The van der Waals surface area contributed by atoms with Gasteiger partial charge >= 0.3 is 5.97 Å². The molecule has 7 nitrogen and oxygen atoms in total. The predicted molar refractivity (Wildman–Crippen MR) is 96.4 cm³/mol. The normalized spacial score (nSPS) is 14.6. The summed E-state index contributed by atoms with van der Waals surface area (Å²) in [6.07, 6.45) is 2.11. The molecule has 1 aromatic carbocycles. The monoisotopic (exact) mass is 355 g/mol. The van der Waals surface area contributed by atoms with E-state index < -0.39 is 12.0 Å². The molecule has 0 radical (unpaired) electrons. The molecule has 1 saturated carbocycles. The Bertz CT molecular complexity index is 902. The van der Waals surface area contributed by atoms with Gasteiger partial charge in [-0.25, -0.2) is 9.48 Å². The molecule has 1 aliphatic rings. The molecule has 1 amide bonds. The van der Waals surface area contributed by atoms with Crippen LogP contribution in [0.25, 0.3) is 0 Å². The number of amides is 1. The Morgan fingerprint density at radius 1 is 1.23 bits per heavy atom. The molecule has 1 unspecified atom stereocenters. The highest BCUT2D eigenvalue weighted by Crippen LogP contribution is 2.38. The zero-order valence-electron chi connectivity index (χ0n) is 15.0. The van der Waals surface area contributed by atoms with Gasteiger partial charge in [0.1, 0.15) is 6.04 Å². The Morgan fingerprint density at radius 3 is 2.58 bits per heavy atom. The summed E-state index contributed by atoms with van der Waals surface area (Å²) in [5, 5.41) is 4.37. The van der Waals surface area contributed by atoms with Crippen LogP contribution in [0.4, 0.5) is 5.69 Å². The minimum Gasteiger partial charge on any atom is -0.465 e. The number of aromatic nitrogens is 2. The second-order valence-electron chi connectivity index (χ2n) is 6.40. The highest BCUT2D eigenvalue weighted by Gasteiger charge is 2.28. The van der Waals surface area contributed by atoms with Crippen molar-refractivity contribution >= 4 is 17.6 Å². The lowest BCUT2D eigenvalue weighted by Gasteiger charge is -2.24. The Morgan fingerprint density at radius 2 is 1.92 bits per heavy atom. The van der Waals surface area contributed by atoms with Crippen molar-refractivity contribution in [1.29, 1.82) is 0 Å². The standard InChI is InChI=1S/C19H21N3O4/c1-12(22-17(23)11-10-15(20-22)13-8-9-13)18(24)21(2)16-7-5-4-6-14(16)19(25)26-3/h4-7,10-13H,8-9H2,1-3H3. The van der Waals surface area contributed by atoms with Gasteiger partial charge in [0.15, 0.2) is 0 Å². The van der Waals surface area contributed by atoms with Gasteiger partial charge in [0.2, 0.25) is 0 Å². The lowest BCUT2D eigenvalue weighted by molar-refractivity contribution is -0.121. The second-order valence-corrected chi connectivity index (χ2v) is 6.40. The highest BCUT2D eigenvalue weighted by atomic mass is 16.5. The molecule has 1 aliphatic carbocycles. The summed E-state index contributed by atoms with van der Waals surface area (Å²) in [7, 11) is 2.85. The molecule has 1 atom stereocenters. The third-order valence-corrected chi connectivity index (χ3v) is 4.57. The van der Waals surface area contributed by atoms with Gasteiger partial charge in [-0.3, -0.25) is 9.59 Å². The number of carbonyl (C=O) groups excluding carboxylic acids is 2. The molecule has 1 aromatic heterocycles. The number of hydrogen-bond donors (Lipinski definition) is 0. The number of methoxy groups -OCH3 is 1. The smallest absolute Gasteiger partial charge is 0.339 e. The number of benzene rings is 1. The second kappa shape index (κ2) is 7.11. The number of likely N-dealkylation sites (N-methyl/N-ethyl adjacent to an activating group) is 1. The molecule has 1 fully saturated rings. The van der Waals surface area contributed by atoms with Gasteiger partial charge in [-0.05, 0) is 38.0 Å². The van der Waals surface area contributed by atoms with Crippen molar-refractivity contribution in [1.82, 2.24) is 9.78 Å². The van der Waals surface area contributed by atoms with Crippen LogP contribution in [-0.4, -0.2) is 35.8 Å². The molecule has 26 heavy (non-hydrogen) atoms. The first-order valence-corrected chi connectivity index (χ1v) is 8.48. The summed E-state index contributed by atoms with van der Waals surface area (Å²) < 4.78 is 5.99. The minimum absolute atomic E-state index is 0.282. The summed E-state index contributed by atoms with van der Waals surface area (Å²) in [6.45, 7) is 1.63. The predicted octanol–water partition coefficient (Wildman–Crippen LogP) is 2.13. The maximum Gasteiger partial charge on any atom is 0.339 e. The number of para-hydroxylation sites is 1. The summed E-state index contributed by atoms with van der Waals surface area (Å²) in [4.78, 5) is 38.4. The zero-order valence-corrected chi connectivity index (χ0v) is 15.0. The molecule has 3 rings (SSSR count). The van der Waals surface area contributed by atoms with Crippen LogP contribution in [0.5, 0.6) is 0 Å². The molecule has 1 heterocycles. The molecular formula is C19H21N3O4. The van der Waals surface area contributed by atoms with Crippen LogP contribution in [0.2, 0.25) is 0 Å². The van der Waals surface area contributed by atoms with Crippen LogP contribution >= 0.6 is 0 Å². The van der Waals surface area contributed by atoms with Crippen molar-refractivity contribution in [2.24, 2.45) is 0 Å². The van der Waals surface area contributed by atoms with Crippen molar-refractivity contribution < 1.29 is 14.3 Å². The largest absolute Gasteiger partial charge is 0.465 e.